The third kappa shape index (κ3) is 2.69. The summed E-state index contributed by atoms with van der Waals surface area (Å²) in [6.45, 7) is 1.57. The van der Waals surface area contributed by atoms with E-state index < -0.39 is 5.97 Å². The van der Waals surface area contributed by atoms with Crippen LogP contribution in [0.15, 0.2) is 0 Å². The van der Waals surface area contributed by atoms with E-state index in [0.717, 1.165) is 19.4 Å². The Kier molecular flexibility index (Phi) is 3.26. The molecule has 2 N–H and O–H groups in total. The van der Waals surface area contributed by atoms with Crippen molar-refractivity contribution in [2.45, 2.75) is 50.2 Å². The van der Waals surface area contributed by atoms with Gasteiger partial charge in [0.1, 0.15) is 0 Å². The number of hydrogen-bond acceptors (Lipinski definition) is 3. The second-order valence-corrected chi connectivity index (χ2v) is 4.71. The summed E-state index contributed by atoms with van der Waals surface area (Å²) in [5, 5.41) is 12.1. The minimum atomic E-state index is -0.769. The first-order valence-electron chi connectivity index (χ1n) is 5.81. The maximum absolute atomic E-state index is 10.6. The molecule has 1 atom stereocenters. The first-order valence-corrected chi connectivity index (χ1v) is 5.81. The van der Waals surface area contributed by atoms with Gasteiger partial charge < -0.3 is 15.2 Å². The second-order valence-electron chi connectivity index (χ2n) is 4.71. The summed E-state index contributed by atoms with van der Waals surface area (Å²) >= 11 is 0. The van der Waals surface area contributed by atoms with Crippen molar-refractivity contribution in [3.05, 3.63) is 0 Å². The number of carboxylic acids is 1. The molecule has 1 saturated carbocycles. The molecule has 2 rings (SSSR count). The van der Waals surface area contributed by atoms with Gasteiger partial charge >= 0.3 is 5.97 Å². The molecule has 4 nitrogen and oxygen atoms in total. The van der Waals surface area contributed by atoms with Crippen molar-refractivity contribution in [3.8, 4) is 0 Å². The molecule has 1 saturated heterocycles. The van der Waals surface area contributed by atoms with E-state index in [0.29, 0.717) is 6.54 Å². The highest BCUT2D eigenvalue weighted by Gasteiger charge is 2.38. The fourth-order valence-corrected chi connectivity index (χ4v) is 2.70. The lowest BCUT2D eigenvalue weighted by Crippen LogP contribution is -2.55. The van der Waals surface area contributed by atoms with Crippen molar-refractivity contribution in [2.75, 3.05) is 13.1 Å². The van der Waals surface area contributed by atoms with Crippen LogP contribution in [0.3, 0.4) is 0 Å². The van der Waals surface area contributed by atoms with Crippen molar-refractivity contribution in [3.63, 3.8) is 0 Å². The summed E-state index contributed by atoms with van der Waals surface area (Å²) < 4.78 is 5.98. The molecule has 0 aromatic rings. The van der Waals surface area contributed by atoms with Gasteiger partial charge in [0, 0.05) is 13.1 Å². The number of nitrogens with one attached hydrogen (secondary N) is 1. The number of ether oxygens (including phenoxy) is 1. The minimum Gasteiger partial charge on any atom is -0.481 e. The monoisotopic (exact) mass is 213 g/mol. The molecule has 0 radical (unpaired) electrons. The van der Waals surface area contributed by atoms with Gasteiger partial charge in [-0.15, -0.1) is 0 Å². The lowest BCUT2D eigenvalue weighted by molar-refractivity contribution is -0.156. The van der Waals surface area contributed by atoms with Gasteiger partial charge in [-0.3, -0.25) is 4.79 Å². The molecular weight excluding hydrogens is 194 g/mol. The Morgan fingerprint density at radius 2 is 2.13 bits per heavy atom. The zero-order chi connectivity index (χ0) is 10.7. The Hall–Kier alpha value is -0.610. The molecule has 2 aliphatic rings. The van der Waals surface area contributed by atoms with Gasteiger partial charge in [0.05, 0.1) is 18.1 Å². The topological polar surface area (TPSA) is 58.6 Å². The van der Waals surface area contributed by atoms with E-state index >= 15 is 0 Å². The van der Waals surface area contributed by atoms with Gasteiger partial charge in [-0.2, -0.15) is 0 Å². The Balaban J connectivity index is 1.93. The first kappa shape index (κ1) is 10.9. The van der Waals surface area contributed by atoms with Crippen molar-refractivity contribution >= 4 is 5.97 Å². The Morgan fingerprint density at radius 1 is 1.40 bits per heavy atom. The van der Waals surface area contributed by atoms with E-state index in [9.17, 15) is 4.79 Å². The van der Waals surface area contributed by atoms with Crippen LogP contribution in [0.4, 0.5) is 0 Å². The number of morpholine rings is 1. The van der Waals surface area contributed by atoms with Crippen LogP contribution in [0.25, 0.3) is 0 Å². The van der Waals surface area contributed by atoms with Crippen molar-refractivity contribution in [1.29, 1.82) is 0 Å². The molecule has 1 aliphatic carbocycles. The lowest BCUT2D eigenvalue weighted by Gasteiger charge is -2.43. The molecule has 1 aliphatic heterocycles. The fraction of sp³-hybridized carbons (Fsp3) is 0.909. The van der Waals surface area contributed by atoms with Gasteiger partial charge in [-0.05, 0) is 12.8 Å². The van der Waals surface area contributed by atoms with E-state index in [1.165, 1.54) is 19.3 Å². The number of carbonyl (C=O) groups is 1. The Labute approximate surface area is 90.0 Å². The van der Waals surface area contributed by atoms with Crippen LogP contribution in [0.1, 0.15) is 38.5 Å². The molecule has 2 fully saturated rings. The highest BCUT2D eigenvalue weighted by atomic mass is 16.5. The fourth-order valence-electron chi connectivity index (χ4n) is 2.70. The zero-order valence-electron chi connectivity index (χ0n) is 9.00. The zero-order valence-corrected chi connectivity index (χ0v) is 9.00. The van der Waals surface area contributed by atoms with Gasteiger partial charge in [0.15, 0.2) is 0 Å². The maximum Gasteiger partial charge on any atom is 0.306 e. The maximum atomic E-state index is 10.6. The van der Waals surface area contributed by atoms with Crippen molar-refractivity contribution in [1.82, 2.24) is 5.32 Å². The summed E-state index contributed by atoms with van der Waals surface area (Å²) in [6, 6.07) is 0. The van der Waals surface area contributed by atoms with Crippen LogP contribution in [0, 0.1) is 0 Å². The van der Waals surface area contributed by atoms with Crippen LogP contribution in [-0.4, -0.2) is 35.9 Å². The molecule has 1 unspecified atom stereocenters. The number of aliphatic carboxylic acids is 1. The van der Waals surface area contributed by atoms with Crippen LogP contribution in [0.2, 0.25) is 0 Å². The summed E-state index contributed by atoms with van der Waals surface area (Å²) in [4.78, 5) is 10.6. The standard InChI is InChI=1S/C11H19NO3/c13-10(14)6-9-7-12-8-11(15-9)4-2-1-3-5-11/h9,12H,1-8H2,(H,13,14). The van der Waals surface area contributed by atoms with E-state index in [1.54, 1.807) is 0 Å². The van der Waals surface area contributed by atoms with E-state index in [2.05, 4.69) is 5.32 Å². The lowest BCUT2D eigenvalue weighted by atomic mass is 9.83. The van der Waals surface area contributed by atoms with Crippen LogP contribution in [0.5, 0.6) is 0 Å². The molecular formula is C11H19NO3. The van der Waals surface area contributed by atoms with Gasteiger partial charge in [0.25, 0.3) is 0 Å². The second kappa shape index (κ2) is 4.49. The average Bonchev–Trinajstić information content (AvgIpc) is 2.17. The highest BCUT2D eigenvalue weighted by Crippen LogP contribution is 2.34. The molecule has 0 aromatic heterocycles. The number of carboxylic acid groups (broad SMARTS) is 1. The summed E-state index contributed by atoms with van der Waals surface area (Å²) in [6.07, 6.45) is 5.84. The van der Waals surface area contributed by atoms with Gasteiger partial charge in [0.2, 0.25) is 0 Å². The van der Waals surface area contributed by atoms with Crippen LogP contribution in [-0.2, 0) is 9.53 Å². The SMILES string of the molecule is O=C(O)CC1CNCC2(CCCCC2)O1. The summed E-state index contributed by atoms with van der Waals surface area (Å²) in [7, 11) is 0. The molecule has 15 heavy (non-hydrogen) atoms. The predicted octanol–water partition coefficient (Wildman–Crippen LogP) is 1.15. The normalized spacial score (nSPS) is 30.3. The highest BCUT2D eigenvalue weighted by molar-refractivity contribution is 5.67. The van der Waals surface area contributed by atoms with Crippen LogP contribution >= 0.6 is 0 Å². The largest absolute Gasteiger partial charge is 0.481 e. The average molecular weight is 213 g/mol. The molecule has 0 aromatic carbocycles. The third-order valence-electron chi connectivity index (χ3n) is 3.40. The number of rotatable bonds is 2. The molecule has 4 heteroatoms. The van der Waals surface area contributed by atoms with Gasteiger partial charge in [-0.25, -0.2) is 0 Å². The molecule has 0 bridgehead atoms. The summed E-state index contributed by atoms with van der Waals surface area (Å²) in [5.74, 6) is -0.769. The Bertz CT molecular complexity index is 230. The quantitative estimate of drug-likeness (QED) is 0.722. The first-order chi connectivity index (χ1) is 7.20. The smallest absolute Gasteiger partial charge is 0.306 e. The van der Waals surface area contributed by atoms with E-state index in [-0.39, 0.29) is 18.1 Å². The van der Waals surface area contributed by atoms with E-state index in [4.69, 9.17) is 9.84 Å². The van der Waals surface area contributed by atoms with Gasteiger partial charge in [-0.1, -0.05) is 19.3 Å². The molecule has 86 valence electrons. The minimum absolute atomic E-state index is 0.0589. The molecule has 0 amide bonds. The Morgan fingerprint density at radius 3 is 2.80 bits per heavy atom. The molecule has 1 heterocycles. The number of hydrogen-bond donors (Lipinski definition) is 2. The predicted molar refractivity (Wildman–Crippen MR) is 55.8 cm³/mol. The third-order valence-corrected chi connectivity index (χ3v) is 3.40. The van der Waals surface area contributed by atoms with Crippen LogP contribution < -0.4 is 5.32 Å². The molecule has 1 spiro atoms. The van der Waals surface area contributed by atoms with E-state index in [1.807, 2.05) is 0 Å². The van der Waals surface area contributed by atoms with Crippen molar-refractivity contribution < 1.29 is 14.6 Å². The summed E-state index contributed by atoms with van der Waals surface area (Å²) in [5.41, 5.74) is -0.0589. The van der Waals surface area contributed by atoms with Crippen molar-refractivity contribution in [2.24, 2.45) is 0 Å².